The van der Waals surface area contributed by atoms with Crippen LogP contribution in [0.5, 0.6) is 5.75 Å². The Balaban J connectivity index is 3.12. The molecule has 0 aliphatic carbocycles. The highest BCUT2D eigenvalue weighted by molar-refractivity contribution is 7.98. The fraction of sp³-hybridized carbons (Fsp3) is 0.571. The highest BCUT2D eigenvalue weighted by atomic mass is 32.2. The molecule has 0 spiro atoms. The lowest BCUT2D eigenvalue weighted by atomic mass is 9.91. The first kappa shape index (κ1) is 13.4. The number of hydrogen-bond donors (Lipinski definition) is 1. The van der Waals surface area contributed by atoms with E-state index in [0.717, 1.165) is 24.0 Å². The zero-order chi connectivity index (χ0) is 12.1. The maximum atomic E-state index is 10.3. The van der Waals surface area contributed by atoms with E-state index in [9.17, 15) is 5.11 Å². The van der Waals surface area contributed by atoms with E-state index in [-0.39, 0.29) is 0 Å². The SMILES string of the molecule is CCC(CC)c1cccc(C(C)SC)c1O. The van der Waals surface area contributed by atoms with Crippen molar-refractivity contribution in [3.8, 4) is 5.75 Å². The first-order valence-corrected chi connectivity index (χ1v) is 7.28. The largest absolute Gasteiger partial charge is 0.507 e. The van der Waals surface area contributed by atoms with Crippen LogP contribution in [0, 0.1) is 0 Å². The van der Waals surface area contributed by atoms with Crippen LogP contribution in [0.2, 0.25) is 0 Å². The molecule has 0 aliphatic rings. The second-order valence-electron chi connectivity index (χ2n) is 4.18. The van der Waals surface area contributed by atoms with Gasteiger partial charge in [0.1, 0.15) is 5.75 Å². The average molecular weight is 238 g/mol. The monoisotopic (exact) mass is 238 g/mol. The summed E-state index contributed by atoms with van der Waals surface area (Å²) in [7, 11) is 0. The Bertz CT molecular complexity index is 332. The lowest BCUT2D eigenvalue weighted by molar-refractivity contribution is 0.451. The molecule has 1 rings (SSSR count). The van der Waals surface area contributed by atoms with Crippen LogP contribution in [0.4, 0.5) is 0 Å². The van der Waals surface area contributed by atoms with Crippen LogP contribution in [0.1, 0.15) is 55.9 Å². The number of aromatic hydroxyl groups is 1. The van der Waals surface area contributed by atoms with Crippen molar-refractivity contribution in [3.63, 3.8) is 0 Å². The normalized spacial score (nSPS) is 13.1. The number of phenolic OH excluding ortho intramolecular Hbond substituents is 1. The van der Waals surface area contributed by atoms with E-state index in [1.54, 1.807) is 11.8 Å². The molecule has 0 fully saturated rings. The van der Waals surface area contributed by atoms with Crippen molar-refractivity contribution in [2.75, 3.05) is 6.26 Å². The van der Waals surface area contributed by atoms with E-state index in [1.807, 2.05) is 6.07 Å². The van der Waals surface area contributed by atoms with Crippen LogP contribution in [0.15, 0.2) is 18.2 Å². The third-order valence-corrected chi connectivity index (χ3v) is 4.28. The maximum Gasteiger partial charge on any atom is 0.123 e. The molecule has 0 amide bonds. The Labute approximate surface area is 103 Å². The molecular weight excluding hydrogens is 216 g/mol. The fourth-order valence-electron chi connectivity index (χ4n) is 2.09. The zero-order valence-corrected chi connectivity index (χ0v) is 11.5. The highest BCUT2D eigenvalue weighted by Gasteiger charge is 2.16. The molecule has 0 heterocycles. The number of thioether (sulfide) groups is 1. The standard InChI is InChI=1S/C14H22OS/c1-5-11(6-2)13-9-7-8-12(14(13)15)10(3)16-4/h7-11,15H,5-6H2,1-4H3. The smallest absolute Gasteiger partial charge is 0.123 e. The quantitative estimate of drug-likeness (QED) is 0.801. The second kappa shape index (κ2) is 6.19. The number of rotatable bonds is 5. The summed E-state index contributed by atoms with van der Waals surface area (Å²) in [5, 5.41) is 10.7. The third kappa shape index (κ3) is 2.73. The highest BCUT2D eigenvalue weighted by Crippen LogP contribution is 2.39. The van der Waals surface area contributed by atoms with Gasteiger partial charge in [-0.15, -0.1) is 0 Å². The molecule has 1 N–H and O–H groups in total. The molecule has 0 saturated carbocycles. The molecule has 90 valence electrons. The van der Waals surface area contributed by atoms with Gasteiger partial charge in [0.15, 0.2) is 0 Å². The van der Waals surface area contributed by atoms with Gasteiger partial charge in [-0.3, -0.25) is 0 Å². The van der Waals surface area contributed by atoms with E-state index >= 15 is 0 Å². The van der Waals surface area contributed by atoms with Crippen molar-refractivity contribution in [2.45, 2.75) is 44.8 Å². The summed E-state index contributed by atoms with van der Waals surface area (Å²) in [5.41, 5.74) is 2.18. The van der Waals surface area contributed by atoms with Gasteiger partial charge in [0.2, 0.25) is 0 Å². The topological polar surface area (TPSA) is 20.2 Å². The molecule has 1 atom stereocenters. The summed E-state index contributed by atoms with van der Waals surface area (Å²) in [6.07, 6.45) is 4.25. The maximum absolute atomic E-state index is 10.3. The van der Waals surface area contributed by atoms with Crippen LogP contribution >= 0.6 is 11.8 Å². The van der Waals surface area contributed by atoms with Gasteiger partial charge in [-0.2, -0.15) is 11.8 Å². The summed E-state index contributed by atoms with van der Waals surface area (Å²) in [6, 6.07) is 6.15. The van der Waals surface area contributed by atoms with Gasteiger partial charge in [-0.1, -0.05) is 32.0 Å². The summed E-state index contributed by atoms with van der Waals surface area (Å²) in [5.74, 6) is 0.993. The molecule has 2 heteroatoms. The lowest BCUT2D eigenvalue weighted by Crippen LogP contribution is -1.99. The summed E-state index contributed by atoms with van der Waals surface area (Å²) in [4.78, 5) is 0. The lowest BCUT2D eigenvalue weighted by Gasteiger charge is -2.19. The fourth-order valence-corrected chi connectivity index (χ4v) is 2.54. The Morgan fingerprint density at radius 2 is 1.75 bits per heavy atom. The molecule has 1 unspecified atom stereocenters. The molecule has 0 aliphatic heterocycles. The zero-order valence-electron chi connectivity index (χ0n) is 10.7. The first-order valence-electron chi connectivity index (χ1n) is 6.00. The van der Waals surface area contributed by atoms with Gasteiger partial charge in [0, 0.05) is 10.8 Å². The average Bonchev–Trinajstić information content (AvgIpc) is 2.32. The van der Waals surface area contributed by atoms with E-state index in [0.29, 0.717) is 16.9 Å². The summed E-state index contributed by atoms with van der Waals surface area (Å²) in [6.45, 7) is 6.49. The van der Waals surface area contributed by atoms with Gasteiger partial charge in [0.05, 0.1) is 0 Å². The van der Waals surface area contributed by atoms with Crippen molar-refractivity contribution in [1.29, 1.82) is 0 Å². The molecule has 0 bridgehead atoms. The van der Waals surface area contributed by atoms with Gasteiger partial charge >= 0.3 is 0 Å². The third-order valence-electron chi connectivity index (χ3n) is 3.32. The van der Waals surface area contributed by atoms with Crippen molar-refractivity contribution in [2.24, 2.45) is 0 Å². The minimum absolute atomic E-state index is 0.356. The molecule has 16 heavy (non-hydrogen) atoms. The molecule has 1 aromatic rings. The van der Waals surface area contributed by atoms with Gasteiger partial charge < -0.3 is 5.11 Å². The summed E-state index contributed by atoms with van der Waals surface area (Å²) >= 11 is 1.77. The Morgan fingerprint density at radius 3 is 2.25 bits per heavy atom. The molecule has 1 aromatic carbocycles. The van der Waals surface area contributed by atoms with Crippen LogP contribution in [0.3, 0.4) is 0 Å². The van der Waals surface area contributed by atoms with Gasteiger partial charge in [-0.05, 0) is 37.5 Å². The van der Waals surface area contributed by atoms with Crippen molar-refractivity contribution in [1.82, 2.24) is 0 Å². The van der Waals surface area contributed by atoms with Crippen molar-refractivity contribution in [3.05, 3.63) is 29.3 Å². The Kier molecular flexibility index (Phi) is 5.20. The Morgan fingerprint density at radius 1 is 1.19 bits per heavy atom. The molecular formula is C14H22OS. The van der Waals surface area contributed by atoms with E-state index in [1.165, 1.54) is 0 Å². The van der Waals surface area contributed by atoms with Crippen LogP contribution in [-0.2, 0) is 0 Å². The van der Waals surface area contributed by atoms with Crippen molar-refractivity contribution >= 4 is 11.8 Å². The van der Waals surface area contributed by atoms with Crippen LogP contribution in [0.25, 0.3) is 0 Å². The predicted molar refractivity (Wildman–Crippen MR) is 73.4 cm³/mol. The molecule has 0 radical (unpaired) electrons. The van der Waals surface area contributed by atoms with E-state index in [2.05, 4.69) is 39.2 Å². The number of hydrogen-bond acceptors (Lipinski definition) is 2. The van der Waals surface area contributed by atoms with Crippen LogP contribution < -0.4 is 0 Å². The van der Waals surface area contributed by atoms with Crippen LogP contribution in [-0.4, -0.2) is 11.4 Å². The number of benzene rings is 1. The minimum Gasteiger partial charge on any atom is -0.507 e. The van der Waals surface area contributed by atoms with Gasteiger partial charge in [0.25, 0.3) is 0 Å². The molecule has 1 nitrogen and oxygen atoms in total. The van der Waals surface area contributed by atoms with Gasteiger partial charge in [-0.25, -0.2) is 0 Å². The molecule has 0 aromatic heterocycles. The van der Waals surface area contributed by atoms with E-state index in [4.69, 9.17) is 0 Å². The Hall–Kier alpha value is -0.630. The van der Waals surface area contributed by atoms with E-state index < -0.39 is 0 Å². The van der Waals surface area contributed by atoms with Crippen molar-refractivity contribution < 1.29 is 5.11 Å². The number of para-hydroxylation sites is 1. The second-order valence-corrected chi connectivity index (χ2v) is 5.35. The molecule has 0 saturated heterocycles. The minimum atomic E-state index is 0.356. The first-order chi connectivity index (χ1) is 7.65. The summed E-state index contributed by atoms with van der Waals surface area (Å²) < 4.78 is 0. The number of phenols is 1. The predicted octanol–water partition coefficient (Wildman–Crippen LogP) is 4.72.